The molecule has 2 atom stereocenters. The number of rotatable bonds is 4. The Balaban J connectivity index is 1.69. The molecule has 0 aromatic carbocycles. The first kappa shape index (κ1) is 13.2. The molecular formula is C15H23NO3. The summed E-state index contributed by atoms with van der Waals surface area (Å²) in [4.78, 5) is 2.51. The molecule has 0 radical (unpaired) electrons. The molecule has 4 nitrogen and oxygen atoms in total. The average Bonchev–Trinajstić information content (AvgIpc) is 2.91. The van der Waals surface area contributed by atoms with E-state index in [1.165, 1.54) is 12.0 Å². The van der Waals surface area contributed by atoms with Gasteiger partial charge in [0, 0.05) is 44.3 Å². The molecule has 2 saturated heterocycles. The van der Waals surface area contributed by atoms with E-state index < -0.39 is 0 Å². The minimum absolute atomic E-state index is 0.189. The van der Waals surface area contributed by atoms with E-state index in [4.69, 9.17) is 13.9 Å². The number of nitrogens with zero attached hydrogens (tertiary/aromatic N) is 1. The molecule has 2 aliphatic heterocycles. The number of methoxy groups -OCH3 is 1. The zero-order chi connectivity index (χ0) is 13.1. The highest BCUT2D eigenvalue weighted by atomic mass is 16.5. The second-order valence-corrected chi connectivity index (χ2v) is 5.89. The molecule has 1 aromatic rings. The van der Waals surface area contributed by atoms with Crippen LogP contribution in [-0.4, -0.2) is 44.4 Å². The Hall–Kier alpha value is -0.840. The van der Waals surface area contributed by atoms with Crippen molar-refractivity contribution in [1.29, 1.82) is 0 Å². The Bertz CT molecular complexity index is 388. The van der Waals surface area contributed by atoms with Crippen LogP contribution >= 0.6 is 0 Å². The van der Waals surface area contributed by atoms with Crippen molar-refractivity contribution in [3.05, 3.63) is 24.2 Å². The van der Waals surface area contributed by atoms with Crippen molar-refractivity contribution in [2.24, 2.45) is 5.41 Å². The van der Waals surface area contributed by atoms with Crippen LogP contribution in [0.25, 0.3) is 0 Å². The van der Waals surface area contributed by atoms with E-state index in [0.717, 1.165) is 45.7 Å². The van der Waals surface area contributed by atoms with Gasteiger partial charge in [-0.15, -0.1) is 0 Å². The van der Waals surface area contributed by atoms with Gasteiger partial charge in [0.1, 0.15) is 0 Å². The van der Waals surface area contributed by atoms with Crippen LogP contribution in [0.1, 0.15) is 24.8 Å². The monoisotopic (exact) mass is 265 g/mol. The third kappa shape index (κ3) is 2.71. The van der Waals surface area contributed by atoms with Crippen LogP contribution in [0.4, 0.5) is 0 Å². The maximum atomic E-state index is 6.00. The summed E-state index contributed by atoms with van der Waals surface area (Å²) in [6, 6.07) is 2.05. The van der Waals surface area contributed by atoms with Gasteiger partial charge in [-0.3, -0.25) is 4.90 Å². The fraction of sp³-hybridized carbons (Fsp3) is 0.733. The zero-order valence-corrected chi connectivity index (χ0v) is 11.6. The van der Waals surface area contributed by atoms with Crippen LogP contribution in [0.2, 0.25) is 0 Å². The first-order valence-electron chi connectivity index (χ1n) is 7.16. The second-order valence-electron chi connectivity index (χ2n) is 5.89. The van der Waals surface area contributed by atoms with Crippen molar-refractivity contribution >= 4 is 0 Å². The fourth-order valence-corrected chi connectivity index (χ4v) is 3.66. The third-order valence-electron chi connectivity index (χ3n) is 4.49. The van der Waals surface area contributed by atoms with Crippen LogP contribution in [0, 0.1) is 5.41 Å². The summed E-state index contributed by atoms with van der Waals surface area (Å²) in [6.07, 6.45) is 7.44. The summed E-state index contributed by atoms with van der Waals surface area (Å²) >= 11 is 0. The largest absolute Gasteiger partial charge is 0.472 e. The normalized spacial score (nSPS) is 32.2. The molecule has 0 N–H and O–H groups in total. The van der Waals surface area contributed by atoms with Gasteiger partial charge in [-0.2, -0.15) is 0 Å². The van der Waals surface area contributed by atoms with Gasteiger partial charge < -0.3 is 13.9 Å². The van der Waals surface area contributed by atoms with Crippen molar-refractivity contribution in [1.82, 2.24) is 4.90 Å². The number of hydrogen-bond acceptors (Lipinski definition) is 4. The topological polar surface area (TPSA) is 34.8 Å². The summed E-state index contributed by atoms with van der Waals surface area (Å²) in [5.41, 5.74) is 1.44. The Morgan fingerprint density at radius 1 is 1.53 bits per heavy atom. The van der Waals surface area contributed by atoms with E-state index in [2.05, 4.69) is 4.90 Å². The summed E-state index contributed by atoms with van der Waals surface area (Å²) in [5, 5.41) is 0. The number of fused-ring (bicyclic) bond motifs is 1. The minimum Gasteiger partial charge on any atom is -0.472 e. The second kappa shape index (κ2) is 5.65. The standard InChI is InChI=1S/C15H23NO3/c1-17-12-15-5-2-7-19-14(15)3-6-16(11-15)9-13-4-8-18-10-13/h4,8,10,14H,2-3,5-7,9,11-12H2,1H3/t14-,15+/m1/s1. The fourth-order valence-electron chi connectivity index (χ4n) is 3.66. The molecule has 0 aliphatic carbocycles. The van der Waals surface area contributed by atoms with Crippen LogP contribution in [-0.2, 0) is 16.0 Å². The van der Waals surface area contributed by atoms with Crippen molar-refractivity contribution < 1.29 is 13.9 Å². The maximum Gasteiger partial charge on any atom is 0.0947 e. The first-order chi connectivity index (χ1) is 9.32. The van der Waals surface area contributed by atoms with E-state index in [-0.39, 0.29) is 5.41 Å². The van der Waals surface area contributed by atoms with Crippen LogP contribution < -0.4 is 0 Å². The highest BCUT2D eigenvalue weighted by molar-refractivity contribution is 5.06. The van der Waals surface area contributed by atoms with Gasteiger partial charge in [-0.05, 0) is 25.3 Å². The number of likely N-dealkylation sites (tertiary alicyclic amines) is 1. The predicted octanol–water partition coefficient (Wildman–Crippen LogP) is 2.30. The van der Waals surface area contributed by atoms with Crippen molar-refractivity contribution in [2.45, 2.75) is 31.9 Å². The van der Waals surface area contributed by atoms with Gasteiger partial charge in [0.2, 0.25) is 0 Å². The molecule has 2 fully saturated rings. The molecule has 0 saturated carbocycles. The highest BCUT2D eigenvalue weighted by Crippen LogP contribution is 2.40. The molecule has 4 heteroatoms. The van der Waals surface area contributed by atoms with E-state index in [9.17, 15) is 0 Å². The van der Waals surface area contributed by atoms with Crippen LogP contribution in [0.15, 0.2) is 23.0 Å². The lowest BCUT2D eigenvalue weighted by molar-refractivity contribution is -0.149. The predicted molar refractivity (Wildman–Crippen MR) is 71.9 cm³/mol. The quantitative estimate of drug-likeness (QED) is 0.836. The van der Waals surface area contributed by atoms with Gasteiger partial charge in [-0.25, -0.2) is 0 Å². The molecule has 2 aliphatic rings. The summed E-state index contributed by atoms with van der Waals surface area (Å²) in [5.74, 6) is 0. The molecule has 106 valence electrons. The lowest BCUT2D eigenvalue weighted by Crippen LogP contribution is -2.56. The third-order valence-corrected chi connectivity index (χ3v) is 4.49. The average molecular weight is 265 g/mol. The molecule has 3 rings (SSSR count). The van der Waals surface area contributed by atoms with Crippen molar-refractivity contribution in [2.75, 3.05) is 33.4 Å². The summed E-state index contributed by atoms with van der Waals surface area (Å²) < 4.78 is 16.7. The minimum atomic E-state index is 0.189. The van der Waals surface area contributed by atoms with Crippen molar-refractivity contribution in [3.63, 3.8) is 0 Å². The van der Waals surface area contributed by atoms with E-state index in [1.807, 2.05) is 12.3 Å². The smallest absolute Gasteiger partial charge is 0.0947 e. The van der Waals surface area contributed by atoms with Gasteiger partial charge in [-0.1, -0.05) is 0 Å². The molecule has 0 amide bonds. The van der Waals surface area contributed by atoms with Crippen molar-refractivity contribution in [3.8, 4) is 0 Å². The van der Waals surface area contributed by atoms with E-state index in [1.54, 1.807) is 13.4 Å². The van der Waals surface area contributed by atoms with Gasteiger partial charge in [0.05, 0.1) is 25.2 Å². The molecule has 3 heterocycles. The van der Waals surface area contributed by atoms with E-state index >= 15 is 0 Å². The number of hydrogen-bond donors (Lipinski definition) is 0. The summed E-state index contributed by atoms with van der Waals surface area (Å²) in [7, 11) is 1.80. The Kier molecular flexibility index (Phi) is 3.91. The molecule has 19 heavy (non-hydrogen) atoms. The van der Waals surface area contributed by atoms with Gasteiger partial charge in [0.15, 0.2) is 0 Å². The maximum absolute atomic E-state index is 6.00. The number of furan rings is 1. The first-order valence-corrected chi connectivity index (χ1v) is 7.16. The Morgan fingerprint density at radius 3 is 3.26 bits per heavy atom. The molecule has 1 aromatic heterocycles. The Morgan fingerprint density at radius 2 is 2.47 bits per heavy atom. The van der Waals surface area contributed by atoms with E-state index in [0.29, 0.717) is 6.10 Å². The lowest BCUT2D eigenvalue weighted by Gasteiger charge is -2.50. The van der Waals surface area contributed by atoms with Gasteiger partial charge in [0.25, 0.3) is 0 Å². The summed E-state index contributed by atoms with van der Waals surface area (Å²) in [6.45, 7) is 4.85. The SMILES string of the molecule is COC[C@@]12CCCO[C@@H]1CCN(Cc1ccoc1)C2. The number of ether oxygens (including phenoxy) is 2. The van der Waals surface area contributed by atoms with Gasteiger partial charge >= 0.3 is 0 Å². The number of piperidine rings is 1. The molecular weight excluding hydrogens is 242 g/mol. The van der Waals surface area contributed by atoms with Crippen LogP contribution in [0.5, 0.6) is 0 Å². The van der Waals surface area contributed by atoms with Crippen LogP contribution in [0.3, 0.4) is 0 Å². The Labute approximate surface area is 114 Å². The highest BCUT2D eigenvalue weighted by Gasteiger charge is 2.45. The lowest BCUT2D eigenvalue weighted by atomic mass is 9.73. The zero-order valence-electron chi connectivity index (χ0n) is 11.6. The molecule has 0 spiro atoms. The molecule has 0 unspecified atom stereocenters. The molecule has 0 bridgehead atoms.